The van der Waals surface area contributed by atoms with E-state index in [4.69, 9.17) is 5.11 Å². The van der Waals surface area contributed by atoms with Crippen LogP contribution in [-0.4, -0.2) is 23.4 Å². The first-order valence-electron chi connectivity index (χ1n) is 4.90. The Morgan fingerprint density at radius 1 is 1.35 bits per heavy atom. The summed E-state index contributed by atoms with van der Waals surface area (Å²) in [4.78, 5) is 0. The Labute approximate surface area is 96.5 Å². The van der Waals surface area contributed by atoms with Gasteiger partial charge in [-0.25, -0.2) is 0 Å². The third kappa shape index (κ3) is 3.26. The van der Waals surface area contributed by atoms with E-state index in [1.807, 2.05) is 0 Å². The van der Waals surface area contributed by atoms with Crippen LogP contribution in [0.1, 0.15) is 18.1 Å². The first kappa shape index (κ1) is 13.6. The van der Waals surface area contributed by atoms with Crippen molar-refractivity contribution in [2.24, 2.45) is 0 Å². The summed E-state index contributed by atoms with van der Waals surface area (Å²) in [5.74, 6) is -1.19. The van der Waals surface area contributed by atoms with E-state index in [-0.39, 0.29) is 17.7 Å². The largest absolute Gasteiger partial charge is 0.504 e. The van der Waals surface area contributed by atoms with E-state index in [1.54, 1.807) is 0 Å². The van der Waals surface area contributed by atoms with Gasteiger partial charge in [-0.15, -0.1) is 0 Å². The van der Waals surface area contributed by atoms with Gasteiger partial charge in [0.25, 0.3) is 0 Å². The van der Waals surface area contributed by atoms with Crippen LogP contribution in [0.3, 0.4) is 0 Å². The minimum Gasteiger partial charge on any atom is -0.504 e. The van der Waals surface area contributed by atoms with Gasteiger partial charge in [0.15, 0.2) is 11.5 Å². The lowest BCUT2D eigenvalue weighted by atomic mass is 10.0. The van der Waals surface area contributed by atoms with Gasteiger partial charge in [-0.1, -0.05) is 0 Å². The van der Waals surface area contributed by atoms with Crippen LogP contribution < -0.4 is 4.74 Å². The molecule has 0 heterocycles. The zero-order chi connectivity index (χ0) is 13.2. The fourth-order valence-electron chi connectivity index (χ4n) is 1.50. The highest BCUT2D eigenvalue weighted by Gasteiger charge is 2.35. The molecule has 1 unspecified atom stereocenters. The Bertz CT molecular complexity index is 400. The summed E-state index contributed by atoms with van der Waals surface area (Å²) in [6.07, 6.45) is -5.38. The van der Waals surface area contributed by atoms with E-state index in [1.165, 1.54) is 20.1 Å². The molecule has 6 heteroatoms. The second-order valence-corrected chi connectivity index (χ2v) is 3.75. The van der Waals surface area contributed by atoms with Crippen molar-refractivity contribution < 1.29 is 28.1 Å². The topological polar surface area (TPSA) is 49.7 Å². The third-order valence-corrected chi connectivity index (χ3v) is 2.19. The maximum Gasteiger partial charge on any atom is 0.420 e. The first-order valence-corrected chi connectivity index (χ1v) is 4.90. The number of rotatable bonds is 3. The number of phenols is 1. The van der Waals surface area contributed by atoms with Gasteiger partial charge in [-0.05, 0) is 31.0 Å². The van der Waals surface area contributed by atoms with E-state index >= 15 is 0 Å². The molecule has 0 saturated heterocycles. The molecule has 96 valence electrons. The maximum atomic E-state index is 12.6. The standard InChI is InChI=1S/C11H13F3O3/c1-6(15)3-7-4-8(11(12,13)14)10(16)9(5-7)17-2/h4-6,15-16H,3H2,1-2H3. The van der Waals surface area contributed by atoms with Crippen LogP contribution in [0.2, 0.25) is 0 Å². The highest BCUT2D eigenvalue weighted by Crippen LogP contribution is 2.41. The molecule has 0 aliphatic rings. The molecule has 0 spiro atoms. The quantitative estimate of drug-likeness (QED) is 0.865. The summed E-state index contributed by atoms with van der Waals surface area (Å²) in [6, 6.07) is 2.09. The second-order valence-electron chi connectivity index (χ2n) is 3.75. The van der Waals surface area contributed by atoms with Crippen molar-refractivity contribution in [1.29, 1.82) is 0 Å². The number of benzene rings is 1. The van der Waals surface area contributed by atoms with Gasteiger partial charge in [0.1, 0.15) is 5.56 Å². The van der Waals surface area contributed by atoms with Gasteiger partial charge in [-0.2, -0.15) is 13.2 Å². The summed E-state index contributed by atoms with van der Waals surface area (Å²) in [6.45, 7) is 1.46. The lowest BCUT2D eigenvalue weighted by Gasteiger charge is -2.15. The number of aromatic hydroxyl groups is 1. The van der Waals surface area contributed by atoms with E-state index < -0.39 is 23.6 Å². The smallest absolute Gasteiger partial charge is 0.420 e. The van der Waals surface area contributed by atoms with Crippen LogP contribution in [-0.2, 0) is 12.6 Å². The Morgan fingerprint density at radius 2 is 1.94 bits per heavy atom. The molecule has 1 rings (SSSR count). The Balaban J connectivity index is 3.29. The van der Waals surface area contributed by atoms with Crippen molar-refractivity contribution in [3.05, 3.63) is 23.3 Å². The molecule has 1 aromatic rings. The van der Waals surface area contributed by atoms with Crippen LogP contribution in [0.25, 0.3) is 0 Å². The zero-order valence-electron chi connectivity index (χ0n) is 9.38. The minimum absolute atomic E-state index is 0.0553. The summed E-state index contributed by atoms with van der Waals surface area (Å²) in [5.41, 5.74) is -0.908. The van der Waals surface area contributed by atoms with Gasteiger partial charge < -0.3 is 14.9 Å². The average Bonchev–Trinajstić information content (AvgIpc) is 2.17. The van der Waals surface area contributed by atoms with Crippen LogP contribution in [0.15, 0.2) is 12.1 Å². The molecule has 0 bridgehead atoms. The molecule has 1 aromatic carbocycles. The Hall–Kier alpha value is -1.43. The summed E-state index contributed by atoms with van der Waals surface area (Å²) >= 11 is 0. The lowest BCUT2D eigenvalue weighted by molar-refractivity contribution is -0.139. The van der Waals surface area contributed by atoms with Crippen LogP contribution in [0.5, 0.6) is 11.5 Å². The van der Waals surface area contributed by atoms with Gasteiger partial charge in [0, 0.05) is 0 Å². The summed E-state index contributed by atoms with van der Waals surface area (Å²) in [7, 11) is 1.17. The maximum absolute atomic E-state index is 12.6. The molecule has 0 aliphatic heterocycles. The van der Waals surface area contributed by atoms with Crippen molar-refractivity contribution >= 4 is 0 Å². The highest BCUT2D eigenvalue weighted by molar-refractivity contribution is 5.49. The fourth-order valence-corrected chi connectivity index (χ4v) is 1.50. The summed E-state index contributed by atoms with van der Waals surface area (Å²) < 4.78 is 42.5. The predicted molar refractivity (Wildman–Crippen MR) is 55.0 cm³/mol. The summed E-state index contributed by atoms with van der Waals surface area (Å²) in [5, 5.41) is 18.5. The molecular formula is C11H13F3O3. The molecule has 0 aliphatic carbocycles. The number of ether oxygens (including phenoxy) is 1. The number of halogens is 3. The second kappa shape index (κ2) is 4.83. The predicted octanol–water partition coefficient (Wildman–Crippen LogP) is 2.34. The van der Waals surface area contributed by atoms with Crippen LogP contribution >= 0.6 is 0 Å². The van der Waals surface area contributed by atoms with Crippen molar-refractivity contribution in [1.82, 2.24) is 0 Å². The van der Waals surface area contributed by atoms with Crippen LogP contribution in [0, 0.1) is 0 Å². The third-order valence-electron chi connectivity index (χ3n) is 2.19. The van der Waals surface area contributed by atoms with E-state index in [9.17, 15) is 18.3 Å². The van der Waals surface area contributed by atoms with Gasteiger partial charge in [0.2, 0.25) is 0 Å². The van der Waals surface area contributed by atoms with Crippen LogP contribution in [0.4, 0.5) is 13.2 Å². The monoisotopic (exact) mass is 250 g/mol. The Morgan fingerprint density at radius 3 is 2.35 bits per heavy atom. The molecule has 3 nitrogen and oxygen atoms in total. The number of hydrogen-bond acceptors (Lipinski definition) is 3. The molecule has 2 N–H and O–H groups in total. The van der Waals surface area contributed by atoms with E-state index in [0.29, 0.717) is 0 Å². The number of methoxy groups -OCH3 is 1. The Kier molecular flexibility index (Phi) is 3.87. The number of alkyl halides is 3. The van der Waals surface area contributed by atoms with Crippen molar-refractivity contribution in [2.75, 3.05) is 7.11 Å². The molecule has 0 radical (unpaired) electrons. The molecular weight excluding hydrogens is 237 g/mol. The van der Waals surface area contributed by atoms with Crippen molar-refractivity contribution in [3.8, 4) is 11.5 Å². The number of phenolic OH excluding ortho intramolecular Hbond substituents is 1. The molecule has 0 fully saturated rings. The first-order chi connectivity index (χ1) is 7.75. The molecule has 0 aromatic heterocycles. The average molecular weight is 250 g/mol. The minimum atomic E-state index is -4.66. The fraction of sp³-hybridized carbons (Fsp3) is 0.455. The van der Waals surface area contributed by atoms with Crippen molar-refractivity contribution in [2.45, 2.75) is 25.6 Å². The number of aliphatic hydroxyl groups excluding tert-OH is 1. The number of aliphatic hydroxyl groups is 1. The molecule has 1 atom stereocenters. The molecule has 17 heavy (non-hydrogen) atoms. The zero-order valence-corrected chi connectivity index (χ0v) is 9.38. The van der Waals surface area contributed by atoms with Gasteiger partial charge in [-0.3, -0.25) is 0 Å². The SMILES string of the molecule is COc1cc(CC(C)O)cc(C(F)(F)F)c1O. The van der Waals surface area contributed by atoms with Gasteiger partial charge >= 0.3 is 6.18 Å². The highest BCUT2D eigenvalue weighted by atomic mass is 19.4. The molecule has 0 saturated carbocycles. The van der Waals surface area contributed by atoms with E-state index in [0.717, 1.165) is 6.07 Å². The van der Waals surface area contributed by atoms with Gasteiger partial charge in [0.05, 0.1) is 13.2 Å². The normalized spacial score (nSPS) is 13.5. The van der Waals surface area contributed by atoms with Crippen molar-refractivity contribution in [3.63, 3.8) is 0 Å². The number of hydrogen-bond donors (Lipinski definition) is 2. The lowest BCUT2D eigenvalue weighted by Crippen LogP contribution is -2.10. The molecule has 0 amide bonds. The van der Waals surface area contributed by atoms with E-state index in [2.05, 4.69) is 4.74 Å².